The van der Waals surface area contributed by atoms with E-state index in [2.05, 4.69) is 25.7 Å². The molecule has 0 spiro atoms. The summed E-state index contributed by atoms with van der Waals surface area (Å²) < 4.78 is 8.99. The van der Waals surface area contributed by atoms with Crippen LogP contribution in [0.15, 0.2) is 49.1 Å². The molecule has 6 N–H and O–H groups in total. The number of nitrogens with two attached hydrogens (primary N) is 1. The van der Waals surface area contributed by atoms with Crippen molar-refractivity contribution < 1.29 is 24.5 Å². The van der Waals surface area contributed by atoms with E-state index < -0.39 is 30.4 Å². The topological polar surface area (TPSA) is 182 Å². The minimum atomic E-state index is -1.52. The Labute approximate surface area is 204 Å². The number of nitrogen functional groups attached to an aromatic ring is 1. The number of fused-ring (bicyclic) bond motifs is 1. The van der Waals surface area contributed by atoms with Crippen LogP contribution in [-0.2, 0) is 16.6 Å². The molecule has 4 heterocycles. The van der Waals surface area contributed by atoms with E-state index in [1.54, 1.807) is 54.5 Å². The number of nitrogens with zero attached hydrogens (tertiary/aromatic N) is 5. The first-order valence-corrected chi connectivity index (χ1v) is 11.0. The van der Waals surface area contributed by atoms with E-state index in [-0.39, 0.29) is 11.7 Å². The molecule has 1 saturated heterocycles. The lowest BCUT2D eigenvalue weighted by Crippen LogP contribution is -2.39. The van der Waals surface area contributed by atoms with Crippen molar-refractivity contribution in [3.63, 3.8) is 0 Å². The Morgan fingerprint density at radius 2 is 1.86 bits per heavy atom. The Kier molecular flexibility index (Phi) is 5.88. The summed E-state index contributed by atoms with van der Waals surface area (Å²) in [7, 11) is 3.30. The maximum atomic E-state index is 12.9. The number of amides is 2. The number of hydrogen-bond acceptors (Lipinski definition) is 9. The molecule has 2 amide bonds. The highest BCUT2D eigenvalue weighted by Crippen LogP contribution is 2.38. The number of anilines is 2. The first-order valence-electron chi connectivity index (χ1n) is 11.0. The van der Waals surface area contributed by atoms with E-state index in [0.29, 0.717) is 33.5 Å². The first kappa shape index (κ1) is 23.4. The number of ether oxygens (including phenoxy) is 1. The molecule has 0 radical (unpaired) electrons. The van der Waals surface area contributed by atoms with Crippen LogP contribution in [0.3, 0.4) is 0 Å². The molecule has 0 saturated carbocycles. The molecule has 0 aliphatic carbocycles. The number of hydrogen-bond donors (Lipinski definition) is 5. The first-order chi connectivity index (χ1) is 17.3. The predicted octanol–water partition coefficient (Wildman–Crippen LogP) is 0.0315. The van der Waals surface area contributed by atoms with Crippen molar-refractivity contribution in [3.05, 3.63) is 54.6 Å². The smallest absolute Gasteiger partial charge is 0.256 e. The Morgan fingerprint density at radius 3 is 2.53 bits per heavy atom. The van der Waals surface area contributed by atoms with Crippen molar-refractivity contribution in [2.45, 2.75) is 24.5 Å². The van der Waals surface area contributed by atoms with Crippen LogP contribution in [0.2, 0.25) is 0 Å². The number of benzene rings is 1. The number of aliphatic hydroxyl groups is 2. The normalized spacial score (nSPS) is 21.6. The third-order valence-corrected chi connectivity index (χ3v) is 6.04. The third-order valence-electron chi connectivity index (χ3n) is 6.04. The zero-order valence-electron chi connectivity index (χ0n) is 19.4. The van der Waals surface area contributed by atoms with Crippen LogP contribution >= 0.6 is 0 Å². The summed E-state index contributed by atoms with van der Waals surface area (Å²) in [6.07, 6.45) is -0.781. The van der Waals surface area contributed by atoms with E-state index in [4.69, 9.17) is 10.5 Å². The van der Waals surface area contributed by atoms with Crippen LogP contribution in [0, 0.1) is 0 Å². The van der Waals surface area contributed by atoms with Gasteiger partial charge in [0.2, 0.25) is 0 Å². The summed E-state index contributed by atoms with van der Waals surface area (Å²) in [6, 6.07) is 7.99. The monoisotopic (exact) mass is 492 g/mol. The van der Waals surface area contributed by atoms with Gasteiger partial charge in [0.15, 0.2) is 12.3 Å². The summed E-state index contributed by atoms with van der Waals surface area (Å²) in [5.74, 6) is -0.712. The quantitative estimate of drug-likeness (QED) is 0.257. The van der Waals surface area contributed by atoms with Crippen LogP contribution in [0.25, 0.3) is 22.3 Å². The lowest BCUT2D eigenvalue weighted by molar-refractivity contribution is -0.132. The Bertz CT molecular complexity index is 1450. The average Bonchev–Trinajstić information content (AvgIpc) is 3.55. The van der Waals surface area contributed by atoms with E-state index in [0.717, 1.165) is 0 Å². The van der Waals surface area contributed by atoms with Gasteiger partial charge < -0.3 is 35.9 Å². The third kappa shape index (κ3) is 3.94. The molecule has 36 heavy (non-hydrogen) atoms. The summed E-state index contributed by atoms with van der Waals surface area (Å²) in [5.41, 5.74) is 8.52. The van der Waals surface area contributed by atoms with Crippen molar-refractivity contribution in [2.24, 2.45) is 7.05 Å². The zero-order valence-corrected chi connectivity index (χ0v) is 19.4. The number of carbonyl (C=O) groups is 2. The largest absolute Gasteiger partial charge is 0.387 e. The second kappa shape index (κ2) is 9.03. The van der Waals surface area contributed by atoms with Crippen molar-refractivity contribution in [1.29, 1.82) is 0 Å². The molecule has 0 bridgehead atoms. The standard InChI is InChI=1S/C23H24N8O5/c1-25-21(34)11-3-5-12(6-4-11)28-22(35)18-16(32)17(33)23(36-18)31-9-13(14-7-8-30(2)29-14)15-19(24)26-10-27-20(15)31/h3-10,16-18,23,32-33H,1-2H3,(H,25,34)(H,28,35)(H2,24,26,27)/t16-,17+,18-,23+/m0/s1. The summed E-state index contributed by atoms with van der Waals surface area (Å²) in [5, 5.41) is 31.6. The van der Waals surface area contributed by atoms with Gasteiger partial charge in [-0.05, 0) is 30.3 Å². The van der Waals surface area contributed by atoms with Gasteiger partial charge in [-0.1, -0.05) is 0 Å². The summed E-state index contributed by atoms with van der Waals surface area (Å²) >= 11 is 0. The van der Waals surface area contributed by atoms with Gasteiger partial charge in [0.25, 0.3) is 11.8 Å². The molecule has 1 aliphatic heterocycles. The SMILES string of the molecule is CNC(=O)c1ccc(NC(=O)[C@H]2O[C@@H](n3cc(-c4ccn(C)n4)c4c(N)ncnc43)[C@H](O)[C@@H]2O)cc1. The lowest BCUT2D eigenvalue weighted by Gasteiger charge is -2.17. The van der Waals surface area contributed by atoms with Crippen molar-refractivity contribution in [2.75, 3.05) is 18.1 Å². The fraction of sp³-hybridized carbons (Fsp3) is 0.261. The molecule has 186 valence electrons. The molecule has 0 unspecified atom stereocenters. The zero-order chi connectivity index (χ0) is 25.6. The molecule has 13 heteroatoms. The van der Waals surface area contributed by atoms with Gasteiger partial charge in [-0.15, -0.1) is 0 Å². The maximum absolute atomic E-state index is 12.9. The fourth-order valence-corrected chi connectivity index (χ4v) is 4.22. The van der Waals surface area contributed by atoms with Gasteiger partial charge in [-0.2, -0.15) is 5.10 Å². The lowest BCUT2D eigenvalue weighted by atomic mass is 10.1. The second-order valence-corrected chi connectivity index (χ2v) is 8.36. The van der Waals surface area contributed by atoms with Crippen molar-refractivity contribution in [1.82, 2.24) is 29.6 Å². The van der Waals surface area contributed by atoms with Crippen LogP contribution in [-0.4, -0.2) is 71.7 Å². The Hall–Kier alpha value is -4.33. The average molecular weight is 492 g/mol. The number of aryl methyl sites for hydroxylation is 1. The highest BCUT2D eigenvalue weighted by molar-refractivity contribution is 6.00. The molecule has 1 fully saturated rings. The van der Waals surface area contributed by atoms with Crippen LogP contribution in [0.5, 0.6) is 0 Å². The highest BCUT2D eigenvalue weighted by Gasteiger charge is 2.48. The highest BCUT2D eigenvalue weighted by atomic mass is 16.6. The molecule has 13 nitrogen and oxygen atoms in total. The molecule has 3 aromatic heterocycles. The van der Waals surface area contributed by atoms with Crippen molar-refractivity contribution >= 4 is 34.4 Å². The van der Waals surface area contributed by atoms with Gasteiger partial charge in [0.05, 0.1) is 11.1 Å². The van der Waals surface area contributed by atoms with Gasteiger partial charge in [-0.3, -0.25) is 14.3 Å². The van der Waals surface area contributed by atoms with Gasteiger partial charge >= 0.3 is 0 Å². The van der Waals surface area contributed by atoms with E-state index >= 15 is 0 Å². The van der Waals surface area contributed by atoms with Gasteiger partial charge in [-0.25, -0.2) is 9.97 Å². The van der Waals surface area contributed by atoms with E-state index in [1.165, 1.54) is 17.9 Å². The second-order valence-electron chi connectivity index (χ2n) is 8.36. The molecular formula is C23H24N8O5. The summed E-state index contributed by atoms with van der Waals surface area (Å²) in [4.78, 5) is 33.0. The number of aliphatic hydroxyl groups excluding tert-OH is 2. The number of rotatable bonds is 5. The fourth-order valence-electron chi connectivity index (χ4n) is 4.22. The maximum Gasteiger partial charge on any atom is 0.256 e. The molecule has 1 aliphatic rings. The molecule has 4 aromatic rings. The number of aromatic nitrogens is 5. The van der Waals surface area contributed by atoms with E-state index in [1.807, 2.05) is 0 Å². The molecule has 1 aromatic carbocycles. The Balaban J connectivity index is 1.43. The van der Waals surface area contributed by atoms with Gasteiger partial charge in [0, 0.05) is 43.3 Å². The number of carbonyl (C=O) groups excluding carboxylic acids is 2. The minimum absolute atomic E-state index is 0.210. The van der Waals surface area contributed by atoms with Crippen molar-refractivity contribution in [3.8, 4) is 11.3 Å². The number of nitrogens with one attached hydrogen (secondary N) is 2. The van der Waals surface area contributed by atoms with E-state index in [9.17, 15) is 19.8 Å². The van der Waals surface area contributed by atoms with Gasteiger partial charge in [0.1, 0.15) is 30.0 Å². The van der Waals surface area contributed by atoms with Crippen LogP contribution < -0.4 is 16.4 Å². The Morgan fingerprint density at radius 1 is 1.11 bits per heavy atom. The van der Waals surface area contributed by atoms with Crippen LogP contribution in [0.4, 0.5) is 11.5 Å². The predicted molar refractivity (Wildman–Crippen MR) is 129 cm³/mol. The van der Waals surface area contributed by atoms with Crippen LogP contribution in [0.1, 0.15) is 16.6 Å². The minimum Gasteiger partial charge on any atom is -0.387 e. The molecule has 4 atom stereocenters. The molecular weight excluding hydrogens is 468 g/mol. The molecule has 5 rings (SSSR count). The summed E-state index contributed by atoms with van der Waals surface area (Å²) in [6.45, 7) is 0.